The Bertz CT molecular complexity index is 1060. The van der Waals surface area contributed by atoms with Crippen LogP contribution in [0.25, 0.3) is 0 Å². The van der Waals surface area contributed by atoms with Crippen molar-refractivity contribution in [2.75, 3.05) is 13.2 Å². The molecule has 0 radical (unpaired) electrons. The lowest BCUT2D eigenvalue weighted by Crippen LogP contribution is -2.30. The molecule has 6 nitrogen and oxygen atoms in total. The summed E-state index contributed by atoms with van der Waals surface area (Å²) >= 11 is 0. The van der Waals surface area contributed by atoms with Crippen molar-refractivity contribution in [2.24, 2.45) is 0 Å². The van der Waals surface area contributed by atoms with Gasteiger partial charge in [-0.05, 0) is 19.3 Å². The van der Waals surface area contributed by atoms with Crippen LogP contribution in [-0.4, -0.2) is 37.2 Å². The minimum atomic E-state index is -0.761. The molecule has 0 bridgehead atoms. The zero-order valence-corrected chi connectivity index (χ0v) is 48.5. The average Bonchev–Trinajstić information content (AvgIpc) is 3.37. The first-order chi connectivity index (χ1) is 35.0. The summed E-state index contributed by atoms with van der Waals surface area (Å²) in [5, 5.41) is 0. The van der Waals surface area contributed by atoms with Crippen LogP contribution in [0.4, 0.5) is 0 Å². The first-order valence-electron chi connectivity index (χ1n) is 32.5. The van der Waals surface area contributed by atoms with Crippen molar-refractivity contribution in [1.82, 2.24) is 0 Å². The van der Waals surface area contributed by atoms with Gasteiger partial charge in [-0.3, -0.25) is 14.4 Å². The summed E-state index contributed by atoms with van der Waals surface area (Å²) in [4.78, 5) is 38.1. The maximum atomic E-state index is 12.9. The molecule has 0 heterocycles. The second kappa shape index (κ2) is 61.0. The molecule has 0 aliphatic rings. The van der Waals surface area contributed by atoms with E-state index in [4.69, 9.17) is 14.2 Å². The summed E-state index contributed by atoms with van der Waals surface area (Å²) < 4.78 is 16.9. The van der Waals surface area contributed by atoms with Crippen LogP contribution in [0.3, 0.4) is 0 Å². The monoisotopic (exact) mass is 1000 g/mol. The van der Waals surface area contributed by atoms with Gasteiger partial charge in [-0.15, -0.1) is 0 Å². The normalized spacial score (nSPS) is 11.9. The van der Waals surface area contributed by atoms with Crippen LogP contribution in [0.5, 0.6) is 0 Å². The lowest BCUT2D eigenvalue weighted by molar-refractivity contribution is -0.167. The number of esters is 3. The van der Waals surface area contributed by atoms with Crippen molar-refractivity contribution in [3.05, 3.63) is 0 Å². The van der Waals surface area contributed by atoms with E-state index in [0.717, 1.165) is 57.8 Å². The van der Waals surface area contributed by atoms with Gasteiger partial charge in [0.2, 0.25) is 0 Å². The smallest absolute Gasteiger partial charge is 0.306 e. The average molecular weight is 1000 g/mol. The van der Waals surface area contributed by atoms with Crippen molar-refractivity contribution in [2.45, 2.75) is 386 Å². The number of carbonyl (C=O) groups is 3. The molecule has 0 aromatic carbocycles. The van der Waals surface area contributed by atoms with E-state index in [9.17, 15) is 14.4 Å². The highest BCUT2D eigenvalue weighted by atomic mass is 16.6. The van der Waals surface area contributed by atoms with Gasteiger partial charge in [-0.1, -0.05) is 342 Å². The van der Waals surface area contributed by atoms with Gasteiger partial charge < -0.3 is 14.2 Å². The first kappa shape index (κ1) is 69.4. The Morgan fingerprint density at radius 1 is 0.225 bits per heavy atom. The zero-order valence-electron chi connectivity index (χ0n) is 48.5. The third kappa shape index (κ3) is 59.2. The van der Waals surface area contributed by atoms with E-state index in [1.54, 1.807) is 0 Å². The van der Waals surface area contributed by atoms with Crippen LogP contribution in [0.1, 0.15) is 380 Å². The Kier molecular flexibility index (Phi) is 59.6. The van der Waals surface area contributed by atoms with Gasteiger partial charge in [-0.25, -0.2) is 0 Å². The Hall–Kier alpha value is -1.59. The highest BCUT2D eigenvalue weighted by molar-refractivity contribution is 5.71. The summed E-state index contributed by atoms with van der Waals surface area (Å²) in [5.41, 5.74) is 0. The molecule has 0 amide bonds. The molecule has 0 aliphatic carbocycles. The van der Waals surface area contributed by atoms with Crippen LogP contribution >= 0.6 is 0 Å². The lowest BCUT2D eigenvalue weighted by Gasteiger charge is -2.18. The van der Waals surface area contributed by atoms with Crippen molar-refractivity contribution in [1.29, 1.82) is 0 Å². The van der Waals surface area contributed by atoms with Crippen molar-refractivity contribution < 1.29 is 28.6 Å². The number of hydrogen-bond donors (Lipinski definition) is 0. The maximum absolute atomic E-state index is 12.9. The molecule has 0 rings (SSSR count). The second-order valence-electron chi connectivity index (χ2n) is 22.4. The fraction of sp³-hybridized carbons (Fsp3) is 0.954. The number of carbonyl (C=O) groups excluding carboxylic acids is 3. The van der Waals surface area contributed by atoms with Crippen molar-refractivity contribution >= 4 is 17.9 Å². The lowest BCUT2D eigenvalue weighted by atomic mass is 10.0. The van der Waals surface area contributed by atoms with E-state index < -0.39 is 6.10 Å². The van der Waals surface area contributed by atoms with Gasteiger partial charge in [0.15, 0.2) is 6.10 Å². The van der Waals surface area contributed by atoms with E-state index in [1.165, 1.54) is 283 Å². The summed E-state index contributed by atoms with van der Waals surface area (Å²) in [6.07, 6.45) is 70.0. The van der Waals surface area contributed by atoms with Crippen LogP contribution in [-0.2, 0) is 28.6 Å². The minimum Gasteiger partial charge on any atom is -0.462 e. The molecule has 0 saturated heterocycles. The third-order valence-electron chi connectivity index (χ3n) is 15.1. The van der Waals surface area contributed by atoms with Crippen LogP contribution in [0.15, 0.2) is 0 Å². The van der Waals surface area contributed by atoms with E-state index in [-0.39, 0.29) is 31.1 Å². The number of unbranched alkanes of at least 4 members (excludes halogenated alkanes) is 50. The zero-order chi connectivity index (χ0) is 51.4. The number of rotatable bonds is 61. The van der Waals surface area contributed by atoms with Gasteiger partial charge >= 0.3 is 17.9 Å². The molecule has 0 fully saturated rings. The molecule has 0 aliphatic heterocycles. The van der Waals surface area contributed by atoms with Gasteiger partial charge in [0.05, 0.1) is 0 Å². The van der Waals surface area contributed by atoms with E-state index in [1.807, 2.05) is 0 Å². The van der Waals surface area contributed by atoms with Crippen LogP contribution < -0.4 is 0 Å². The molecule has 0 aromatic rings. The third-order valence-corrected chi connectivity index (χ3v) is 15.1. The Morgan fingerprint density at radius 3 is 0.563 bits per heavy atom. The van der Waals surface area contributed by atoms with Gasteiger partial charge in [0.25, 0.3) is 0 Å². The molecule has 0 saturated carbocycles. The quantitative estimate of drug-likeness (QED) is 0.0343. The molecule has 6 heteroatoms. The topological polar surface area (TPSA) is 78.9 Å². The maximum Gasteiger partial charge on any atom is 0.306 e. The van der Waals surface area contributed by atoms with Gasteiger partial charge in [0, 0.05) is 19.3 Å². The molecule has 422 valence electrons. The minimum absolute atomic E-state index is 0.0612. The predicted molar refractivity (Wildman–Crippen MR) is 307 cm³/mol. The summed E-state index contributed by atoms with van der Waals surface area (Å²) in [7, 11) is 0. The molecule has 0 spiro atoms. The molecular weight excluding hydrogens is 877 g/mol. The molecule has 0 aromatic heterocycles. The Labute approximate surface area is 444 Å². The summed E-state index contributed by atoms with van der Waals surface area (Å²) in [6.45, 7) is 6.69. The fourth-order valence-electron chi connectivity index (χ4n) is 10.2. The number of ether oxygens (including phenoxy) is 3. The highest BCUT2D eigenvalue weighted by Crippen LogP contribution is 2.19. The Morgan fingerprint density at radius 2 is 0.380 bits per heavy atom. The van der Waals surface area contributed by atoms with E-state index >= 15 is 0 Å². The SMILES string of the molecule is CCCCCCCCCCCCCCCCCCCCCCCCCCCCC(=O)OCC(COC(=O)CCCCCCCCCC)OC(=O)CCCCCCCCCCCCCCCCCCCCC. The fourth-order valence-corrected chi connectivity index (χ4v) is 10.2. The standard InChI is InChI=1S/C65H126O6/c1-4-7-10-13-16-19-21-23-25-27-29-30-31-32-33-34-35-37-38-40-42-44-46-49-52-55-58-64(67)70-61-62(60-69-63(66)57-54-51-48-18-15-12-9-6-3)71-65(68)59-56-53-50-47-45-43-41-39-36-28-26-24-22-20-17-14-11-8-5-2/h62H,4-61H2,1-3H3. The summed E-state index contributed by atoms with van der Waals surface area (Å²) in [5.74, 6) is -0.834. The molecule has 1 unspecified atom stereocenters. The number of hydrogen-bond acceptors (Lipinski definition) is 6. The first-order valence-corrected chi connectivity index (χ1v) is 32.5. The largest absolute Gasteiger partial charge is 0.462 e. The van der Waals surface area contributed by atoms with Crippen LogP contribution in [0, 0.1) is 0 Å². The predicted octanol–water partition coefficient (Wildman–Crippen LogP) is 21.9. The molecule has 1 atom stereocenters. The van der Waals surface area contributed by atoms with Crippen molar-refractivity contribution in [3.8, 4) is 0 Å². The van der Waals surface area contributed by atoms with E-state index in [2.05, 4.69) is 20.8 Å². The van der Waals surface area contributed by atoms with Gasteiger partial charge in [0.1, 0.15) is 13.2 Å². The molecule has 0 N–H and O–H groups in total. The molecular formula is C65H126O6. The van der Waals surface area contributed by atoms with E-state index in [0.29, 0.717) is 19.3 Å². The summed E-state index contributed by atoms with van der Waals surface area (Å²) in [6, 6.07) is 0. The van der Waals surface area contributed by atoms with Crippen molar-refractivity contribution in [3.63, 3.8) is 0 Å². The Balaban J connectivity index is 4.06. The second-order valence-corrected chi connectivity index (χ2v) is 22.4. The van der Waals surface area contributed by atoms with Crippen LogP contribution in [0.2, 0.25) is 0 Å². The highest BCUT2D eigenvalue weighted by Gasteiger charge is 2.19. The molecule has 71 heavy (non-hydrogen) atoms. The van der Waals surface area contributed by atoms with Gasteiger partial charge in [-0.2, -0.15) is 0 Å².